The molecular weight excluding hydrogens is 566 g/mol. The number of hydrogen-bond acceptors (Lipinski definition) is 8. The quantitative estimate of drug-likeness (QED) is 0.150. The number of carbonyl (C=O) groups is 5. The van der Waals surface area contributed by atoms with Gasteiger partial charge in [-0.3, -0.25) is 9.59 Å². The highest BCUT2D eigenvalue weighted by Gasteiger charge is 2.31. The van der Waals surface area contributed by atoms with Crippen LogP contribution in [0.1, 0.15) is 117 Å². The van der Waals surface area contributed by atoms with Crippen molar-refractivity contribution >= 4 is 29.8 Å². The molecule has 0 saturated carbocycles. The lowest BCUT2D eigenvalue weighted by Gasteiger charge is -2.27. The molecule has 1 aromatic carbocycles. The van der Waals surface area contributed by atoms with Gasteiger partial charge in [-0.1, -0.05) is 19.1 Å². The molecular formula is C33H53N3O8. The summed E-state index contributed by atoms with van der Waals surface area (Å²) in [6.45, 7) is 17.9. The molecule has 2 atom stereocenters. The number of benzene rings is 1. The van der Waals surface area contributed by atoms with Gasteiger partial charge in [-0.2, -0.15) is 0 Å². The van der Waals surface area contributed by atoms with Gasteiger partial charge in [-0.05, 0) is 112 Å². The van der Waals surface area contributed by atoms with E-state index in [0.29, 0.717) is 24.9 Å². The first kappa shape index (κ1) is 38.4. The predicted molar refractivity (Wildman–Crippen MR) is 168 cm³/mol. The van der Waals surface area contributed by atoms with Crippen molar-refractivity contribution in [1.82, 2.24) is 16.0 Å². The number of esters is 3. The number of rotatable bonds is 14. The molecule has 0 fully saturated rings. The molecule has 0 aliphatic rings. The Balaban J connectivity index is 2.85. The van der Waals surface area contributed by atoms with E-state index >= 15 is 0 Å². The first-order chi connectivity index (χ1) is 20.2. The van der Waals surface area contributed by atoms with E-state index in [2.05, 4.69) is 16.0 Å². The number of hydrogen-bond donors (Lipinski definition) is 3. The Bertz CT molecular complexity index is 1110. The highest BCUT2D eigenvalue weighted by molar-refractivity contribution is 5.94. The van der Waals surface area contributed by atoms with Crippen molar-refractivity contribution in [2.24, 2.45) is 0 Å². The minimum Gasteiger partial charge on any atom is -0.460 e. The maximum Gasteiger partial charge on any atom is 0.329 e. The number of nitrogens with one attached hydrogen (secondary N) is 3. The van der Waals surface area contributed by atoms with Gasteiger partial charge in [0.25, 0.3) is 5.91 Å². The Labute approximate surface area is 262 Å². The summed E-state index contributed by atoms with van der Waals surface area (Å²) in [6.07, 6.45) is 1.98. The lowest BCUT2D eigenvalue weighted by Crippen LogP contribution is -2.53. The average molecular weight is 620 g/mol. The van der Waals surface area contributed by atoms with Crippen molar-refractivity contribution in [2.45, 2.75) is 137 Å². The Morgan fingerprint density at radius 2 is 1.16 bits per heavy atom. The van der Waals surface area contributed by atoms with Gasteiger partial charge < -0.3 is 30.2 Å². The molecule has 3 N–H and O–H groups in total. The molecule has 0 aromatic heterocycles. The summed E-state index contributed by atoms with van der Waals surface area (Å²) in [7, 11) is 0. The lowest BCUT2D eigenvalue weighted by atomic mass is 10.1. The zero-order valence-electron chi connectivity index (χ0n) is 28.2. The van der Waals surface area contributed by atoms with Gasteiger partial charge in [0, 0.05) is 18.5 Å². The van der Waals surface area contributed by atoms with Crippen LogP contribution >= 0.6 is 0 Å². The fraction of sp³-hybridized carbons (Fsp3) is 0.667. The number of urea groups is 1. The molecule has 1 rings (SSSR count). The summed E-state index contributed by atoms with van der Waals surface area (Å²) in [5.74, 6) is -2.06. The molecule has 0 unspecified atom stereocenters. The van der Waals surface area contributed by atoms with E-state index in [4.69, 9.17) is 14.2 Å². The van der Waals surface area contributed by atoms with Crippen molar-refractivity contribution in [2.75, 3.05) is 6.54 Å². The second kappa shape index (κ2) is 17.0. The molecule has 11 nitrogen and oxygen atoms in total. The lowest BCUT2D eigenvalue weighted by molar-refractivity contribution is -0.159. The molecule has 0 bridgehead atoms. The highest BCUT2D eigenvalue weighted by atomic mass is 16.6. The summed E-state index contributed by atoms with van der Waals surface area (Å²) < 4.78 is 16.3. The maximum absolute atomic E-state index is 13.0. The van der Waals surface area contributed by atoms with Crippen LogP contribution in [0.5, 0.6) is 0 Å². The largest absolute Gasteiger partial charge is 0.460 e. The van der Waals surface area contributed by atoms with Crippen molar-refractivity contribution in [3.05, 3.63) is 35.4 Å². The van der Waals surface area contributed by atoms with Gasteiger partial charge in [0.15, 0.2) is 0 Å². The molecule has 3 amide bonds. The van der Waals surface area contributed by atoms with E-state index in [0.717, 1.165) is 12.0 Å². The topological polar surface area (TPSA) is 149 Å². The van der Waals surface area contributed by atoms with E-state index < -0.39 is 52.8 Å². The Hall–Kier alpha value is -3.63. The van der Waals surface area contributed by atoms with E-state index in [1.54, 1.807) is 74.4 Å². The molecule has 1 aromatic rings. The van der Waals surface area contributed by atoms with E-state index in [9.17, 15) is 24.0 Å². The minimum atomic E-state index is -1.16. The fourth-order valence-electron chi connectivity index (χ4n) is 3.93. The van der Waals surface area contributed by atoms with E-state index in [1.165, 1.54) is 0 Å². The van der Waals surface area contributed by atoms with Crippen LogP contribution in [0.4, 0.5) is 4.79 Å². The summed E-state index contributed by atoms with van der Waals surface area (Å²) in [5, 5.41) is 8.03. The molecule has 0 aliphatic heterocycles. The van der Waals surface area contributed by atoms with Crippen LogP contribution in [0.3, 0.4) is 0 Å². The molecule has 11 heteroatoms. The Morgan fingerprint density at radius 3 is 1.61 bits per heavy atom. The van der Waals surface area contributed by atoms with Gasteiger partial charge in [0.05, 0.1) is 0 Å². The normalized spacial score (nSPS) is 13.2. The van der Waals surface area contributed by atoms with Crippen LogP contribution in [-0.2, 0) is 35.0 Å². The standard InChI is InChI=1S/C33H53N3O8/c1-11-22-15-17-23(18-16-22)27(38)34-21-13-12-14-24(28(39)43-32(5,6)7)35-30(41)36-25(29(40)44-33(8,9)10)19-20-26(37)42-31(2,3)4/h15-18,24-25H,11-14,19-21H2,1-10H3,(H,34,38)(H2,35,36,41)/t24-,25-/m0/s1. The predicted octanol–water partition coefficient (Wildman–Crippen LogP) is 4.99. The van der Waals surface area contributed by atoms with Crippen LogP contribution in [0, 0.1) is 0 Å². The molecule has 0 radical (unpaired) electrons. The zero-order valence-corrected chi connectivity index (χ0v) is 28.2. The van der Waals surface area contributed by atoms with Crippen molar-refractivity contribution in [1.29, 1.82) is 0 Å². The third-order valence-corrected chi connectivity index (χ3v) is 5.88. The first-order valence-corrected chi connectivity index (χ1v) is 15.3. The first-order valence-electron chi connectivity index (χ1n) is 15.3. The third kappa shape index (κ3) is 16.9. The zero-order chi connectivity index (χ0) is 33.7. The van der Waals surface area contributed by atoms with E-state index in [-0.39, 0.29) is 25.2 Å². The fourth-order valence-corrected chi connectivity index (χ4v) is 3.93. The monoisotopic (exact) mass is 619 g/mol. The van der Waals surface area contributed by atoms with Gasteiger partial charge >= 0.3 is 23.9 Å². The van der Waals surface area contributed by atoms with E-state index in [1.807, 2.05) is 19.1 Å². The second-order valence-electron chi connectivity index (χ2n) is 13.7. The van der Waals surface area contributed by atoms with Gasteiger partial charge in [-0.15, -0.1) is 0 Å². The SMILES string of the molecule is CCc1ccc(C(=O)NCCCC[C@H](NC(=O)N[C@@H](CCC(=O)OC(C)(C)C)C(=O)OC(C)(C)C)C(=O)OC(C)(C)C)cc1. The van der Waals surface area contributed by atoms with Gasteiger partial charge in [-0.25, -0.2) is 14.4 Å². The second-order valence-corrected chi connectivity index (χ2v) is 13.7. The van der Waals surface area contributed by atoms with Crippen LogP contribution in [0.2, 0.25) is 0 Å². The third-order valence-electron chi connectivity index (χ3n) is 5.88. The summed E-state index contributed by atoms with van der Waals surface area (Å²) in [5.41, 5.74) is -0.605. The summed E-state index contributed by atoms with van der Waals surface area (Å²) in [6, 6.07) is 4.44. The van der Waals surface area contributed by atoms with Gasteiger partial charge in [0.1, 0.15) is 28.9 Å². The number of aryl methyl sites for hydroxylation is 1. The average Bonchev–Trinajstić information content (AvgIpc) is 2.87. The molecule has 0 aliphatic carbocycles. The van der Waals surface area contributed by atoms with Crippen molar-refractivity contribution < 1.29 is 38.2 Å². The van der Waals surface area contributed by atoms with Crippen LogP contribution in [-0.4, -0.2) is 65.3 Å². The number of amides is 3. The molecule has 0 heterocycles. The summed E-state index contributed by atoms with van der Waals surface area (Å²) in [4.78, 5) is 63.6. The van der Waals surface area contributed by atoms with Crippen LogP contribution in [0.15, 0.2) is 24.3 Å². The molecule has 0 spiro atoms. The minimum absolute atomic E-state index is 0.0603. The highest BCUT2D eigenvalue weighted by Crippen LogP contribution is 2.15. The molecule has 248 valence electrons. The maximum atomic E-state index is 13.0. The van der Waals surface area contributed by atoms with Crippen LogP contribution in [0.25, 0.3) is 0 Å². The van der Waals surface area contributed by atoms with Crippen LogP contribution < -0.4 is 16.0 Å². The smallest absolute Gasteiger partial charge is 0.329 e. The summed E-state index contributed by atoms with van der Waals surface area (Å²) >= 11 is 0. The van der Waals surface area contributed by atoms with Crippen molar-refractivity contribution in [3.63, 3.8) is 0 Å². The Kier molecular flexibility index (Phi) is 14.8. The molecule has 44 heavy (non-hydrogen) atoms. The molecule has 0 saturated heterocycles. The van der Waals surface area contributed by atoms with Crippen molar-refractivity contribution in [3.8, 4) is 0 Å². The number of ether oxygens (including phenoxy) is 3. The van der Waals surface area contributed by atoms with Gasteiger partial charge in [0.2, 0.25) is 0 Å². The number of carbonyl (C=O) groups excluding carboxylic acids is 5. The Morgan fingerprint density at radius 1 is 0.682 bits per heavy atom. The number of unbranched alkanes of at least 4 members (excludes halogenated alkanes) is 1.